The molecule has 0 unspecified atom stereocenters. The largest absolute Gasteiger partial charge is 0.480 e. The third kappa shape index (κ3) is 4.04. The van der Waals surface area contributed by atoms with Gasteiger partial charge in [-0.2, -0.15) is 4.72 Å². The van der Waals surface area contributed by atoms with Gasteiger partial charge in [0.2, 0.25) is 10.0 Å². The highest BCUT2D eigenvalue weighted by Crippen LogP contribution is 2.15. The van der Waals surface area contributed by atoms with E-state index in [-0.39, 0.29) is 11.3 Å². The maximum absolute atomic E-state index is 12.1. The zero-order valence-electron chi connectivity index (χ0n) is 11.3. The van der Waals surface area contributed by atoms with Crippen molar-refractivity contribution in [3.63, 3.8) is 0 Å². The summed E-state index contributed by atoms with van der Waals surface area (Å²) >= 11 is 0. The van der Waals surface area contributed by atoms with Crippen LogP contribution in [-0.4, -0.2) is 25.5 Å². The number of carboxylic acid groups (broad SMARTS) is 1. The van der Waals surface area contributed by atoms with Crippen LogP contribution in [0.25, 0.3) is 0 Å². The molecular formula is C13H19NO4S. The number of aliphatic carboxylic acids is 1. The summed E-state index contributed by atoms with van der Waals surface area (Å²) in [5.74, 6) is -1.16. The number of rotatable bonds is 6. The molecule has 0 aliphatic heterocycles. The monoisotopic (exact) mass is 285 g/mol. The number of carbonyl (C=O) groups is 1. The second-order valence-electron chi connectivity index (χ2n) is 4.55. The molecule has 1 aromatic carbocycles. The second-order valence-corrected chi connectivity index (χ2v) is 6.26. The van der Waals surface area contributed by atoms with E-state index in [1.54, 1.807) is 19.1 Å². The average Bonchev–Trinajstić information content (AvgIpc) is 2.31. The van der Waals surface area contributed by atoms with E-state index < -0.39 is 22.0 Å². The van der Waals surface area contributed by atoms with Crippen molar-refractivity contribution in [2.45, 2.75) is 44.6 Å². The van der Waals surface area contributed by atoms with Crippen LogP contribution in [0.1, 0.15) is 30.9 Å². The predicted octanol–water partition coefficient (Wildman–Crippen LogP) is 1.84. The summed E-state index contributed by atoms with van der Waals surface area (Å²) in [7, 11) is -3.80. The van der Waals surface area contributed by atoms with Crippen LogP contribution < -0.4 is 4.72 Å². The third-order valence-corrected chi connectivity index (χ3v) is 4.43. The van der Waals surface area contributed by atoms with Gasteiger partial charge >= 0.3 is 5.97 Å². The Morgan fingerprint density at radius 2 is 1.95 bits per heavy atom. The highest BCUT2D eigenvalue weighted by molar-refractivity contribution is 7.89. The summed E-state index contributed by atoms with van der Waals surface area (Å²) in [6, 6.07) is 3.65. The number of nitrogens with one attached hydrogen (secondary N) is 1. The number of hydrogen-bond acceptors (Lipinski definition) is 3. The number of hydrogen-bond donors (Lipinski definition) is 2. The van der Waals surface area contributed by atoms with Crippen LogP contribution >= 0.6 is 0 Å². The van der Waals surface area contributed by atoms with Gasteiger partial charge in [-0.15, -0.1) is 0 Å². The minimum Gasteiger partial charge on any atom is -0.480 e. The molecule has 1 atom stereocenters. The first kappa shape index (κ1) is 15.7. The van der Waals surface area contributed by atoms with Crippen LogP contribution in [0.5, 0.6) is 0 Å². The van der Waals surface area contributed by atoms with Gasteiger partial charge in [0.05, 0.1) is 4.90 Å². The van der Waals surface area contributed by atoms with E-state index in [0.29, 0.717) is 6.42 Å². The first-order valence-corrected chi connectivity index (χ1v) is 7.58. The minimum absolute atomic E-state index is 0.0953. The molecule has 19 heavy (non-hydrogen) atoms. The first-order valence-electron chi connectivity index (χ1n) is 6.10. The van der Waals surface area contributed by atoms with Gasteiger partial charge in [0.25, 0.3) is 0 Å². The molecule has 0 aliphatic carbocycles. The normalized spacial score (nSPS) is 13.2. The maximum atomic E-state index is 12.1. The summed E-state index contributed by atoms with van der Waals surface area (Å²) in [6.07, 6.45) is 0.853. The zero-order valence-corrected chi connectivity index (χ0v) is 12.1. The van der Waals surface area contributed by atoms with Crippen molar-refractivity contribution in [3.05, 3.63) is 29.3 Å². The second kappa shape index (κ2) is 6.16. The SMILES string of the molecule is CCC[C@H](NS(=O)(=O)c1ccc(C)c(C)c1)C(=O)O. The number of aryl methyl sites for hydroxylation is 2. The molecule has 0 fully saturated rings. The van der Waals surface area contributed by atoms with Crippen molar-refractivity contribution in [3.8, 4) is 0 Å². The predicted molar refractivity (Wildman–Crippen MR) is 72.6 cm³/mol. The first-order chi connectivity index (χ1) is 8.77. The Morgan fingerprint density at radius 1 is 1.32 bits per heavy atom. The highest BCUT2D eigenvalue weighted by Gasteiger charge is 2.24. The van der Waals surface area contributed by atoms with E-state index in [1.807, 2.05) is 13.8 Å². The summed E-state index contributed by atoms with van der Waals surface area (Å²) in [6.45, 7) is 5.51. The molecule has 0 heterocycles. The van der Waals surface area contributed by atoms with Gasteiger partial charge in [0.1, 0.15) is 6.04 Å². The Morgan fingerprint density at radius 3 is 2.42 bits per heavy atom. The topological polar surface area (TPSA) is 83.5 Å². The van der Waals surface area contributed by atoms with Crippen LogP contribution in [0, 0.1) is 13.8 Å². The fourth-order valence-electron chi connectivity index (χ4n) is 1.66. The number of sulfonamides is 1. The summed E-state index contributed by atoms with van der Waals surface area (Å²) in [5.41, 5.74) is 1.84. The van der Waals surface area contributed by atoms with E-state index in [9.17, 15) is 13.2 Å². The van der Waals surface area contributed by atoms with Gasteiger partial charge in [-0.1, -0.05) is 19.4 Å². The molecule has 2 N–H and O–H groups in total. The number of carboxylic acids is 1. The quantitative estimate of drug-likeness (QED) is 0.835. The van der Waals surface area contributed by atoms with Gasteiger partial charge in [0.15, 0.2) is 0 Å². The Hall–Kier alpha value is -1.40. The molecule has 0 saturated carbocycles. The summed E-state index contributed by atoms with van der Waals surface area (Å²) in [5, 5.41) is 8.99. The van der Waals surface area contributed by atoms with E-state index in [1.165, 1.54) is 6.07 Å². The molecule has 5 nitrogen and oxygen atoms in total. The van der Waals surface area contributed by atoms with E-state index >= 15 is 0 Å². The molecule has 0 amide bonds. The molecule has 0 aliphatic rings. The molecule has 0 radical (unpaired) electrons. The molecule has 6 heteroatoms. The smallest absolute Gasteiger partial charge is 0.321 e. The standard InChI is InChI=1S/C13H19NO4S/c1-4-5-12(13(15)16)14-19(17,18)11-7-6-9(2)10(3)8-11/h6-8,12,14H,4-5H2,1-3H3,(H,15,16)/t12-/m0/s1. The lowest BCUT2D eigenvalue weighted by Gasteiger charge is -2.14. The van der Waals surface area contributed by atoms with Crippen molar-refractivity contribution in [2.75, 3.05) is 0 Å². The van der Waals surface area contributed by atoms with Gasteiger partial charge in [0, 0.05) is 0 Å². The van der Waals surface area contributed by atoms with Crippen molar-refractivity contribution in [2.24, 2.45) is 0 Å². The minimum atomic E-state index is -3.80. The maximum Gasteiger partial charge on any atom is 0.321 e. The average molecular weight is 285 g/mol. The lowest BCUT2D eigenvalue weighted by molar-refractivity contribution is -0.139. The van der Waals surface area contributed by atoms with E-state index in [2.05, 4.69) is 4.72 Å². The van der Waals surface area contributed by atoms with Gasteiger partial charge in [-0.3, -0.25) is 4.79 Å². The van der Waals surface area contributed by atoms with Crippen LogP contribution in [-0.2, 0) is 14.8 Å². The van der Waals surface area contributed by atoms with Crippen molar-refractivity contribution in [1.82, 2.24) is 4.72 Å². The molecule has 0 saturated heterocycles. The Kier molecular flexibility index (Phi) is 5.08. The fourth-order valence-corrected chi connectivity index (χ4v) is 2.97. The Labute approximate surface area is 113 Å². The molecule has 0 aromatic heterocycles. The van der Waals surface area contributed by atoms with Crippen LogP contribution in [0.15, 0.2) is 23.1 Å². The van der Waals surface area contributed by atoms with Crippen molar-refractivity contribution >= 4 is 16.0 Å². The van der Waals surface area contributed by atoms with E-state index in [0.717, 1.165) is 11.1 Å². The zero-order chi connectivity index (χ0) is 14.6. The summed E-state index contributed by atoms with van der Waals surface area (Å²) in [4.78, 5) is 11.1. The lowest BCUT2D eigenvalue weighted by atomic mass is 10.1. The van der Waals surface area contributed by atoms with E-state index in [4.69, 9.17) is 5.11 Å². The molecule has 0 bridgehead atoms. The van der Waals surface area contributed by atoms with Crippen LogP contribution in [0.4, 0.5) is 0 Å². The van der Waals surface area contributed by atoms with Gasteiger partial charge < -0.3 is 5.11 Å². The molecule has 1 aromatic rings. The van der Waals surface area contributed by atoms with Crippen LogP contribution in [0.3, 0.4) is 0 Å². The molecular weight excluding hydrogens is 266 g/mol. The molecule has 0 spiro atoms. The molecule has 1 rings (SSSR count). The van der Waals surface area contributed by atoms with Crippen molar-refractivity contribution < 1.29 is 18.3 Å². The fraction of sp³-hybridized carbons (Fsp3) is 0.462. The van der Waals surface area contributed by atoms with Crippen LogP contribution in [0.2, 0.25) is 0 Å². The highest BCUT2D eigenvalue weighted by atomic mass is 32.2. The Bertz CT molecular complexity index is 566. The third-order valence-electron chi connectivity index (χ3n) is 2.96. The molecule has 106 valence electrons. The lowest BCUT2D eigenvalue weighted by Crippen LogP contribution is -2.40. The number of benzene rings is 1. The van der Waals surface area contributed by atoms with Crippen molar-refractivity contribution in [1.29, 1.82) is 0 Å². The van der Waals surface area contributed by atoms with Gasteiger partial charge in [-0.05, 0) is 43.5 Å². The Balaban J connectivity index is 3.03. The van der Waals surface area contributed by atoms with Gasteiger partial charge in [-0.25, -0.2) is 8.42 Å². The summed E-state index contributed by atoms with van der Waals surface area (Å²) < 4.78 is 26.5.